The Labute approximate surface area is 145 Å². The summed E-state index contributed by atoms with van der Waals surface area (Å²) in [5.74, 6) is 0. The van der Waals surface area contributed by atoms with Crippen LogP contribution in [0.1, 0.15) is 16.8 Å². The summed E-state index contributed by atoms with van der Waals surface area (Å²) in [6.45, 7) is 2.40. The summed E-state index contributed by atoms with van der Waals surface area (Å²) in [6, 6.07) is 12.4. The van der Waals surface area contributed by atoms with Gasteiger partial charge >= 0.3 is 6.18 Å². The minimum atomic E-state index is -4.41. The number of rotatable bonds is 8. The number of benzene rings is 1. The van der Waals surface area contributed by atoms with E-state index >= 15 is 0 Å². The smallest absolute Gasteiger partial charge is 0.383 e. The van der Waals surface area contributed by atoms with Gasteiger partial charge in [0.05, 0.1) is 6.61 Å². The molecule has 0 amide bonds. The van der Waals surface area contributed by atoms with Crippen LogP contribution in [0.3, 0.4) is 0 Å². The highest BCUT2D eigenvalue weighted by Gasteiger charge is 2.32. The van der Waals surface area contributed by atoms with Crippen LogP contribution < -0.4 is 0 Å². The van der Waals surface area contributed by atoms with Gasteiger partial charge in [0.2, 0.25) is 0 Å². The van der Waals surface area contributed by atoms with E-state index in [2.05, 4.69) is 9.88 Å². The van der Waals surface area contributed by atoms with Gasteiger partial charge in [0.25, 0.3) is 0 Å². The van der Waals surface area contributed by atoms with Crippen molar-refractivity contribution in [1.82, 2.24) is 9.88 Å². The van der Waals surface area contributed by atoms with Gasteiger partial charge in [-0.15, -0.1) is 0 Å². The molecule has 1 heterocycles. The van der Waals surface area contributed by atoms with Crippen LogP contribution in [-0.2, 0) is 17.5 Å². The first-order valence-corrected chi connectivity index (χ1v) is 7.94. The lowest BCUT2D eigenvalue weighted by Crippen LogP contribution is -2.27. The molecule has 0 fully saturated rings. The fourth-order valence-corrected chi connectivity index (χ4v) is 2.30. The molecule has 0 aliphatic carbocycles. The third-order valence-corrected chi connectivity index (χ3v) is 3.61. The van der Waals surface area contributed by atoms with Crippen LogP contribution in [-0.4, -0.2) is 36.7 Å². The number of hydrogen-bond acceptors (Lipinski definition) is 3. The summed E-state index contributed by atoms with van der Waals surface area (Å²) in [7, 11) is 1.62. The topological polar surface area (TPSA) is 25.4 Å². The lowest BCUT2D eigenvalue weighted by atomic mass is 10.2. The number of alkyl halides is 3. The first-order chi connectivity index (χ1) is 12.0. The molecule has 0 radical (unpaired) electrons. The van der Waals surface area contributed by atoms with Crippen molar-refractivity contribution in [2.24, 2.45) is 0 Å². The SMILES string of the molecule is COCCN(C/C=C/c1ccccc1)Cc1ccc(C(F)(F)F)nc1. The van der Waals surface area contributed by atoms with E-state index in [1.165, 1.54) is 12.3 Å². The Morgan fingerprint density at radius 1 is 1.12 bits per heavy atom. The molecular formula is C19H21F3N2O. The van der Waals surface area contributed by atoms with E-state index in [0.29, 0.717) is 26.2 Å². The maximum Gasteiger partial charge on any atom is 0.433 e. The molecule has 0 spiro atoms. The Hall–Kier alpha value is -2.18. The zero-order chi connectivity index (χ0) is 18.1. The van der Waals surface area contributed by atoms with Gasteiger partial charge in [-0.25, -0.2) is 0 Å². The number of halogens is 3. The third-order valence-electron chi connectivity index (χ3n) is 3.61. The minimum absolute atomic E-state index is 0.508. The van der Waals surface area contributed by atoms with Crippen molar-refractivity contribution in [3.05, 3.63) is 71.6 Å². The van der Waals surface area contributed by atoms with E-state index in [4.69, 9.17) is 4.74 Å². The number of pyridine rings is 1. The molecule has 134 valence electrons. The minimum Gasteiger partial charge on any atom is -0.383 e. The number of ether oxygens (including phenoxy) is 1. The summed E-state index contributed by atoms with van der Waals surface area (Å²) >= 11 is 0. The van der Waals surface area contributed by atoms with Crippen molar-refractivity contribution in [3.63, 3.8) is 0 Å². The van der Waals surface area contributed by atoms with E-state index in [0.717, 1.165) is 17.2 Å². The van der Waals surface area contributed by atoms with E-state index in [-0.39, 0.29) is 0 Å². The summed E-state index contributed by atoms with van der Waals surface area (Å²) in [6.07, 6.45) is 0.920. The Kier molecular flexibility index (Phi) is 7.16. The highest BCUT2D eigenvalue weighted by molar-refractivity contribution is 5.48. The first kappa shape index (κ1) is 19.1. The van der Waals surface area contributed by atoms with Gasteiger partial charge in [0, 0.05) is 32.9 Å². The zero-order valence-corrected chi connectivity index (χ0v) is 14.0. The summed E-state index contributed by atoms with van der Waals surface area (Å²) in [5.41, 5.74) is 0.964. The van der Waals surface area contributed by atoms with Crippen LogP contribution in [0.4, 0.5) is 13.2 Å². The van der Waals surface area contributed by atoms with E-state index in [9.17, 15) is 13.2 Å². The van der Waals surface area contributed by atoms with Crippen LogP contribution in [0.25, 0.3) is 6.08 Å². The van der Waals surface area contributed by atoms with Crippen LogP contribution in [0, 0.1) is 0 Å². The molecule has 0 aliphatic heterocycles. The lowest BCUT2D eigenvalue weighted by molar-refractivity contribution is -0.141. The van der Waals surface area contributed by atoms with Gasteiger partial charge in [-0.05, 0) is 17.2 Å². The van der Waals surface area contributed by atoms with Crippen molar-refractivity contribution in [3.8, 4) is 0 Å². The molecule has 0 saturated carbocycles. The molecule has 0 N–H and O–H groups in total. The van der Waals surface area contributed by atoms with Gasteiger partial charge in [-0.2, -0.15) is 13.2 Å². The second-order valence-corrected chi connectivity index (χ2v) is 5.59. The van der Waals surface area contributed by atoms with Gasteiger partial charge in [-0.1, -0.05) is 48.6 Å². The second kappa shape index (κ2) is 9.34. The van der Waals surface area contributed by atoms with Crippen molar-refractivity contribution in [2.75, 3.05) is 26.8 Å². The first-order valence-electron chi connectivity index (χ1n) is 7.94. The number of aromatic nitrogens is 1. The molecule has 0 aliphatic rings. The zero-order valence-electron chi connectivity index (χ0n) is 14.0. The van der Waals surface area contributed by atoms with Gasteiger partial charge < -0.3 is 4.74 Å². The van der Waals surface area contributed by atoms with Crippen molar-refractivity contribution in [2.45, 2.75) is 12.7 Å². The Morgan fingerprint density at radius 2 is 1.88 bits per heavy atom. The highest BCUT2D eigenvalue weighted by atomic mass is 19.4. The Balaban J connectivity index is 1.98. The van der Waals surface area contributed by atoms with Gasteiger partial charge in [0.1, 0.15) is 5.69 Å². The molecule has 0 unspecified atom stereocenters. The maximum atomic E-state index is 12.6. The van der Waals surface area contributed by atoms with E-state index in [1.54, 1.807) is 7.11 Å². The fourth-order valence-electron chi connectivity index (χ4n) is 2.30. The number of hydrogen-bond donors (Lipinski definition) is 0. The van der Waals surface area contributed by atoms with E-state index < -0.39 is 11.9 Å². The van der Waals surface area contributed by atoms with Crippen molar-refractivity contribution < 1.29 is 17.9 Å². The van der Waals surface area contributed by atoms with Crippen LogP contribution >= 0.6 is 0 Å². The van der Waals surface area contributed by atoms with E-state index in [1.807, 2.05) is 42.5 Å². The molecule has 0 atom stereocenters. The largest absolute Gasteiger partial charge is 0.433 e. The second-order valence-electron chi connectivity index (χ2n) is 5.59. The summed E-state index contributed by atoms with van der Waals surface area (Å²) in [4.78, 5) is 5.60. The van der Waals surface area contributed by atoms with Crippen LogP contribution in [0.15, 0.2) is 54.7 Å². The number of methoxy groups -OCH3 is 1. The van der Waals surface area contributed by atoms with Gasteiger partial charge in [-0.3, -0.25) is 9.88 Å². The van der Waals surface area contributed by atoms with Crippen molar-refractivity contribution >= 4 is 6.08 Å². The van der Waals surface area contributed by atoms with Crippen molar-refractivity contribution in [1.29, 1.82) is 0 Å². The molecule has 0 saturated heterocycles. The normalized spacial score (nSPS) is 12.2. The lowest BCUT2D eigenvalue weighted by Gasteiger charge is -2.20. The molecule has 0 bridgehead atoms. The average molecular weight is 350 g/mol. The summed E-state index contributed by atoms with van der Waals surface area (Å²) < 4.78 is 42.8. The Bertz CT molecular complexity index is 655. The molecule has 25 heavy (non-hydrogen) atoms. The quantitative estimate of drug-likeness (QED) is 0.711. The molecule has 6 heteroatoms. The van der Waals surface area contributed by atoms with Gasteiger partial charge in [0.15, 0.2) is 0 Å². The average Bonchev–Trinajstić information content (AvgIpc) is 2.60. The number of nitrogens with zero attached hydrogens (tertiary/aromatic N) is 2. The summed E-state index contributed by atoms with van der Waals surface area (Å²) in [5, 5.41) is 0. The highest BCUT2D eigenvalue weighted by Crippen LogP contribution is 2.27. The predicted molar refractivity (Wildman–Crippen MR) is 91.9 cm³/mol. The molecule has 2 rings (SSSR count). The molecule has 1 aromatic heterocycles. The van der Waals surface area contributed by atoms with Crippen LogP contribution in [0.2, 0.25) is 0 Å². The van der Waals surface area contributed by atoms with Crippen LogP contribution in [0.5, 0.6) is 0 Å². The fraction of sp³-hybridized carbons (Fsp3) is 0.316. The molecule has 2 aromatic rings. The monoisotopic (exact) mass is 350 g/mol. The Morgan fingerprint density at radius 3 is 2.48 bits per heavy atom. The molecule has 1 aromatic carbocycles. The maximum absolute atomic E-state index is 12.6. The third kappa shape index (κ3) is 6.68. The predicted octanol–water partition coefficient (Wildman–Crippen LogP) is 4.26. The molecule has 3 nitrogen and oxygen atoms in total. The molecular weight excluding hydrogens is 329 g/mol. The standard InChI is InChI=1S/C19H21F3N2O/c1-25-13-12-24(11-5-8-16-6-3-2-4-7-16)15-17-9-10-18(23-14-17)19(20,21)22/h2-10,14H,11-13,15H2,1H3/b8-5+.